The zero-order valence-electron chi connectivity index (χ0n) is 10.2. The number of hydrogen-bond donors (Lipinski definition) is 0. The number of fused-ring (bicyclic) bond motifs is 1. The fourth-order valence-corrected chi connectivity index (χ4v) is 2.53. The summed E-state index contributed by atoms with van der Waals surface area (Å²) in [7, 11) is 0. The van der Waals surface area contributed by atoms with Crippen molar-refractivity contribution in [1.82, 2.24) is 4.98 Å². The summed E-state index contributed by atoms with van der Waals surface area (Å²) in [4.78, 5) is 16.2. The maximum atomic E-state index is 12.2. The molecule has 0 saturated carbocycles. The summed E-state index contributed by atoms with van der Waals surface area (Å²) in [6.07, 6.45) is 7.41. The number of aryl methyl sites for hydroxylation is 2. The lowest BCUT2D eigenvalue weighted by molar-refractivity contribution is 0.0993. The van der Waals surface area contributed by atoms with Gasteiger partial charge in [-0.15, -0.1) is 0 Å². The molecule has 0 aliphatic heterocycles. The lowest BCUT2D eigenvalue weighted by Gasteiger charge is -2.04. The van der Waals surface area contributed by atoms with E-state index in [1.165, 1.54) is 17.5 Å². The predicted molar refractivity (Wildman–Crippen MR) is 70.7 cm³/mol. The van der Waals surface area contributed by atoms with Gasteiger partial charge in [-0.05, 0) is 54.2 Å². The summed E-state index contributed by atoms with van der Waals surface area (Å²) in [5.41, 5.74) is 4.63. The molecule has 0 amide bonds. The first-order valence-electron chi connectivity index (χ1n) is 6.37. The van der Waals surface area contributed by atoms with E-state index in [0.717, 1.165) is 24.0 Å². The van der Waals surface area contributed by atoms with E-state index in [1.807, 2.05) is 18.2 Å². The van der Waals surface area contributed by atoms with E-state index in [-0.39, 0.29) is 5.78 Å². The van der Waals surface area contributed by atoms with Crippen molar-refractivity contribution >= 4 is 5.78 Å². The topological polar surface area (TPSA) is 30.0 Å². The average molecular weight is 237 g/mol. The molecule has 0 spiro atoms. The van der Waals surface area contributed by atoms with E-state index in [9.17, 15) is 4.79 Å². The van der Waals surface area contributed by atoms with Crippen molar-refractivity contribution in [2.45, 2.75) is 25.7 Å². The molecule has 90 valence electrons. The standard InChI is InChI=1S/C16H15NO/c18-16(10-12-6-8-17-9-7-12)15-5-4-13-2-1-3-14(13)11-15/h4-9,11H,1-3,10H2. The molecule has 3 rings (SSSR count). The zero-order valence-corrected chi connectivity index (χ0v) is 10.2. The Morgan fingerprint density at radius 2 is 1.83 bits per heavy atom. The van der Waals surface area contributed by atoms with Crippen LogP contribution in [0.5, 0.6) is 0 Å². The van der Waals surface area contributed by atoms with Gasteiger partial charge >= 0.3 is 0 Å². The Morgan fingerprint density at radius 1 is 1.06 bits per heavy atom. The van der Waals surface area contributed by atoms with Crippen molar-refractivity contribution in [3.8, 4) is 0 Å². The maximum Gasteiger partial charge on any atom is 0.167 e. The fourth-order valence-electron chi connectivity index (χ4n) is 2.53. The number of carbonyl (C=O) groups excluding carboxylic acids is 1. The van der Waals surface area contributed by atoms with Gasteiger partial charge in [0.05, 0.1) is 0 Å². The van der Waals surface area contributed by atoms with Gasteiger partial charge in [-0.1, -0.05) is 12.1 Å². The minimum Gasteiger partial charge on any atom is -0.294 e. The molecule has 2 aromatic rings. The number of benzene rings is 1. The van der Waals surface area contributed by atoms with Gasteiger partial charge in [-0.3, -0.25) is 9.78 Å². The average Bonchev–Trinajstić information content (AvgIpc) is 2.87. The van der Waals surface area contributed by atoms with Crippen molar-refractivity contribution in [2.24, 2.45) is 0 Å². The van der Waals surface area contributed by atoms with Crippen LogP contribution in [0.3, 0.4) is 0 Å². The highest BCUT2D eigenvalue weighted by Crippen LogP contribution is 2.23. The van der Waals surface area contributed by atoms with Crippen molar-refractivity contribution in [3.63, 3.8) is 0 Å². The summed E-state index contributed by atoms with van der Waals surface area (Å²) in [5.74, 6) is 0.191. The minimum atomic E-state index is 0.191. The Hall–Kier alpha value is -1.96. The van der Waals surface area contributed by atoms with E-state index in [4.69, 9.17) is 0 Å². The molecule has 2 heteroatoms. The fraction of sp³-hybridized carbons (Fsp3) is 0.250. The normalized spacial score (nSPS) is 13.3. The SMILES string of the molecule is O=C(Cc1ccncc1)c1ccc2c(c1)CCC2. The van der Waals surface area contributed by atoms with Crippen LogP contribution in [0, 0.1) is 0 Å². The van der Waals surface area contributed by atoms with Crippen LogP contribution in [-0.2, 0) is 19.3 Å². The van der Waals surface area contributed by atoms with Gasteiger partial charge in [-0.25, -0.2) is 0 Å². The number of rotatable bonds is 3. The molecule has 0 fully saturated rings. The molecule has 1 aliphatic carbocycles. The van der Waals surface area contributed by atoms with Crippen LogP contribution in [0.2, 0.25) is 0 Å². The summed E-state index contributed by atoms with van der Waals surface area (Å²) in [6.45, 7) is 0. The molecule has 2 nitrogen and oxygen atoms in total. The third-order valence-corrected chi connectivity index (χ3v) is 3.53. The second kappa shape index (κ2) is 4.73. The van der Waals surface area contributed by atoms with E-state index < -0.39 is 0 Å². The van der Waals surface area contributed by atoms with Gasteiger partial charge in [0, 0.05) is 24.4 Å². The largest absolute Gasteiger partial charge is 0.294 e. The predicted octanol–water partition coefficient (Wildman–Crippen LogP) is 3.00. The van der Waals surface area contributed by atoms with Crippen LogP contribution in [0.4, 0.5) is 0 Å². The Balaban J connectivity index is 1.81. The smallest absolute Gasteiger partial charge is 0.167 e. The summed E-state index contributed by atoms with van der Waals surface area (Å²) < 4.78 is 0. The number of pyridine rings is 1. The molecule has 0 atom stereocenters. The number of carbonyl (C=O) groups is 1. The number of Topliss-reactive ketones (excluding diaryl/α,β-unsaturated/α-hetero) is 1. The van der Waals surface area contributed by atoms with Gasteiger partial charge in [0.25, 0.3) is 0 Å². The van der Waals surface area contributed by atoms with Gasteiger partial charge in [0.15, 0.2) is 5.78 Å². The summed E-state index contributed by atoms with van der Waals surface area (Å²) in [6, 6.07) is 9.94. The van der Waals surface area contributed by atoms with Crippen molar-refractivity contribution in [2.75, 3.05) is 0 Å². The van der Waals surface area contributed by atoms with Crippen LogP contribution in [-0.4, -0.2) is 10.8 Å². The molecule has 1 aromatic carbocycles. The van der Waals surface area contributed by atoms with Gasteiger partial charge < -0.3 is 0 Å². The minimum absolute atomic E-state index is 0.191. The monoisotopic (exact) mass is 237 g/mol. The number of hydrogen-bond acceptors (Lipinski definition) is 2. The molecule has 0 unspecified atom stereocenters. The van der Waals surface area contributed by atoms with Gasteiger partial charge in [0.2, 0.25) is 0 Å². The van der Waals surface area contributed by atoms with Crippen molar-refractivity contribution in [3.05, 3.63) is 65.0 Å². The van der Waals surface area contributed by atoms with E-state index in [0.29, 0.717) is 6.42 Å². The Kier molecular flexibility index (Phi) is 2.93. The van der Waals surface area contributed by atoms with Gasteiger partial charge in [-0.2, -0.15) is 0 Å². The van der Waals surface area contributed by atoms with Crippen molar-refractivity contribution < 1.29 is 4.79 Å². The van der Waals surface area contributed by atoms with Crippen molar-refractivity contribution in [1.29, 1.82) is 0 Å². The third kappa shape index (κ3) is 2.19. The Labute approximate surface area is 107 Å². The van der Waals surface area contributed by atoms with Crippen LogP contribution >= 0.6 is 0 Å². The molecule has 18 heavy (non-hydrogen) atoms. The quantitative estimate of drug-likeness (QED) is 0.768. The summed E-state index contributed by atoms with van der Waals surface area (Å²) in [5, 5.41) is 0. The molecule has 1 aliphatic rings. The second-order valence-corrected chi connectivity index (χ2v) is 4.79. The lowest BCUT2D eigenvalue weighted by Crippen LogP contribution is -2.04. The van der Waals surface area contributed by atoms with E-state index in [2.05, 4.69) is 17.1 Å². The first-order chi connectivity index (χ1) is 8.83. The molecule has 0 bridgehead atoms. The number of nitrogens with zero attached hydrogens (tertiary/aromatic N) is 1. The lowest BCUT2D eigenvalue weighted by atomic mass is 10.00. The Bertz CT molecular complexity index is 575. The van der Waals surface area contributed by atoms with Crippen LogP contribution in [0.25, 0.3) is 0 Å². The molecule has 0 saturated heterocycles. The maximum absolute atomic E-state index is 12.2. The van der Waals surface area contributed by atoms with Crippen LogP contribution in [0.15, 0.2) is 42.7 Å². The molecule has 0 N–H and O–H groups in total. The van der Waals surface area contributed by atoms with E-state index in [1.54, 1.807) is 12.4 Å². The van der Waals surface area contributed by atoms with E-state index >= 15 is 0 Å². The molecular formula is C16H15NO. The molecule has 0 radical (unpaired) electrons. The highest BCUT2D eigenvalue weighted by atomic mass is 16.1. The zero-order chi connectivity index (χ0) is 12.4. The van der Waals surface area contributed by atoms with Gasteiger partial charge in [0.1, 0.15) is 0 Å². The molecule has 1 aromatic heterocycles. The highest BCUT2D eigenvalue weighted by molar-refractivity contribution is 5.97. The second-order valence-electron chi connectivity index (χ2n) is 4.79. The highest BCUT2D eigenvalue weighted by Gasteiger charge is 2.14. The third-order valence-electron chi connectivity index (χ3n) is 3.53. The molecular weight excluding hydrogens is 222 g/mol. The first-order valence-corrected chi connectivity index (χ1v) is 6.37. The first kappa shape index (κ1) is 11.1. The number of aromatic nitrogens is 1. The molecule has 1 heterocycles. The Morgan fingerprint density at radius 3 is 2.67 bits per heavy atom. The number of ketones is 1. The summed E-state index contributed by atoms with van der Waals surface area (Å²) >= 11 is 0. The van der Waals surface area contributed by atoms with Crippen LogP contribution < -0.4 is 0 Å². The van der Waals surface area contributed by atoms with Crippen LogP contribution in [0.1, 0.15) is 33.5 Å².